The van der Waals surface area contributed by atoms with Gasteiger partial charge in [0, 0.05) is 24.0 Å². The Morgan fingerprint density at radius 1 is 1.11 bits per heavy atom. The number of anilines is 1. The van der Waals surface area contributed by atoms with Crippen LogP contribution in [0, 0.1) is 16.7 Å². The number of hydrogen-bond donors (Lipinski definition) is 3. The molecule has 204 valence electrons. The molecule has 4 N–H and O–H groups in total. The highest BCUT2D eigenvalue weighted by atomic mass is 19.4. The number of methoxy groups -OCH3 is 1. The van der Waals surface area contributed by atoms with Crippen LogP contribution >= 0.6 is 0 Å². The molecule has 12 heteroatoms. The van der Waals surface area contributed by atoms with E-state index in [1.807, 2.05) is 0 Å². The van der Waals surface area contributed by atoms with Crippen molar-refractivity contribution in [2.75, 3.05) is 19.2 Å². The third kappa shape index (κ3) is 7.08. The van der Waals surface area contributed by atoms with Crippen LogP contribution in [0.2, 0.25) is 0 Å². The number of carbonyl (C=O) groups excluding carboxylic acids is 2. The Balaban J connectivity index is 2.01. The summed E-state index contributed by atoms with van der Waals surface area (Å²) in [7, 11) is 1.43. The van der Waals surface area contributed by atoms with Gasteiger partial charge in [-0.25, -0.2) is 0 Å². The second-order valence-corrected chi connectivity index (χ2v) is 8.82. The van der Waals surface area contributed by atoms with Gasteiger partial charge in [0.1, 0.15) is 16.3 Å². The summed E-state index contributed by atoms with van der Waals surface area (Å²) in [4.78, 5) is 38.9. The normalized spacial score (nSPS) is 16.8. The Morgan fingerprint density at radius 3 is 2.42 bits per heavy atom. The van der Waals surface area contributed by atoms with Crippen LogP contribution in [0.15, 0.2) is 54.6 Å². The number of para-hydroxylation sites is 1. The Kier molecular flexibility index (Phi) is 9.43. The molecule has 0 saturated carbocycles. The van der Waals surface area contributed by atoms with Crippen LogP contribution in [-0.2, 0) is 9.59 Å². The first-order chi connectivity index (χ1) is 18.1. The third-order valence-electron chi connectivity index (χ3n) is 6.29. The molecule has 2 aromatic rings. The van der Waals surface area contributed by atoms with Gasteiger partial charge < -0.3 is 10.5 Å². The summed E-state index contributed by atoms with van der Waals surface area (Å²) >= 11 is 0. The highest BCUT2D eigenvalue weighted by Crippen LogP contribution is 2.38. The highest BCUT2D eigenvalue weighted by Gasteiger charge is 2.40. The van der Waals surface area contributed by atoms with Gasteiger partial charge in [0.15, 0.2) is 0 Å². The minimum Gasteiger partial charge on any atom is -0.494 e. The number of fused-ring (bicyclic) bond motifs is 1. The predicted molar refractivity (Wildman–Crippen MR) is 132 cm³/mol. The lowest BCUT2D eigenvalue weighted by Crippen LogP contribution is -2.48. The maximum absolute atomic E-state index is 13.3. The van der Waals surface area contributed by atoms with E-state index in [4.69, 9.17) is 10.5 Å². The van der Waals surface area contributed by atoms with Crippen LogP contribution in [0.4, 0.5) is 23.2 Å². The molecule has 8 nitrogen and oxygen atoms in total. The third-order valence-corrected chi connectivity index (χ3v) is 6.29. The van der Waals surface area contributed by atoms with Gasteiger partial charge in [-0.05, 0) is 36.5 Å². The van der Waals surface area contributed by atoms with E-state index in [-0.39, 0.29) is 12.8 Å². The van der Waals surface area contributed by atoms with Crippen LogP contribution < -0.4 is 21.2 Å². The molecule has 1 aliphatic heterocycles. The van der Waals surface area contributed by atoms with Crippen LogP contribution in [-0.4, -0.2) is 42.8 Å². The smallest absolute Gasteiger partial charge is 0.389 e. The number of alkyl halides is 4. The fourth-order valence-electron chi connectivity index (χ4n) is 4.43. The van der Waals surface area contributed by atoms with Gasteiger partial charge in [-0.2, -0.15) is 13.2 Å². The van der Waals surface area contributed by atoms with Gasteiger partial charge in [0.2, 0.25) is 11.8 Å². The molecule has 1 heterocycles. The van der Waals surface area contributed by atoms with Gasteiger partial charge in [0.05, 0.1) is 24.6 Å². The van der Waals surface area contributed by atoms with Crippen molar-refractivity contribution in [1.29, 1.82) is 0 Å². The van der Waals surface area contributed by atoms with Crippen LogP contribution in [0.25, 0.3) is 5.57 Å². The number of carbonyl (C=O) groups is 2. The molecular formula is C26H29F4N4O4+. The molecule has 0 aromatic heterocycles. The van der Waals surface area contributed by atoms with Gasteiger partial charge >= 0.3 is 12.3 Å². The number of halogens is 4. The van der Waals surface area contributed by atoms with Crippen LogP contribution in [0.5, 0.6) is 5.75 Å². The van der Waals surface area contributed by atoms with Crippen molar-refractivity contribution in [3.8, 4) is 5.75 Å². The molecule has 38 heavy (non-hydrogen) atoms. The largest absolute Gasteiger partial charge is 0.494 e. The molecule has 2 aromatic carbocycles. The van der Waals surface area contributed by atoms with E-state index in [0.29, 0.717) is 33.0 Å². The SMILES string of the molecule is COc1cccc2c1N[N+](=O)[C@H](NC(=O)[C@H](CCC(F)(F)F)[C@H](CCCF)C(N)=O)C=C2c1ccccc1. The Bertz CT molecular complexity index is 1190. The van der Waals surface area contributed by atoms with Gasteiger partial charge in [-0.3, -0.25) is 19.3 Å². The second-order valence-electron chi connectivity index (χ2n) is 8.82. The number of hydrazine groups is 1. The number of nitrogens with one attached hydrogen (secondary N) is 2. The van der Waals surface area contributed by atoms with Crippen LogP contribution in [0.3, 0.4) is 0 Å². The van der Waals surface area contributed by atoms with Crippen molar-refractivity contribution in [3.05, 3.63) is 70.6 Å². The number of primary amides is 1. The topological polar surface area (TPSA) is 114 Å². The van der Waals surface area contributed by atoms with E-state index in [1.165, 1.54) is 13.2 Å². The quantitative estimate of drug-likeness (QED) is 0.289. The van der Waals surface area contributed by atoms with Gasteiger partial charge in [0.25, 0.3) is 0 Å². The number of nitrogens with zero attached hydrogens (tertiary/aromatic N) is 1. The summed E-state index contributed by atoms with van der Waals surface area (Å²) in [6, 6.07) is 14.1. The zero-order valence-electron chi connectivity index (χ0n) is 20.6. The number of hydrogen-bond acceptors (Lipinski definition) is 4. The van der Waals surface area contributed by atoms with Crippen molar-refractivity contribution >= 4 is 23.1 Å². The fraction of sp³-hybridized carbons (Fsp3) is 0.385. The Labute approximate surface area is 216 Å². The molecule has 0 bridgehead atoms. The molecular weight excluding hydrogens is 508 g/mol. The first-order valence-corrected chi connectivity index (χ1v) is 12.0. The van der Waals surface area contributed by atoms with E-state index in [0.717, 1.165) is 0 Å². The monoisotopic (exact) mass is 537 g/mol. The van der Waals surface area contributed by atoms with Crippen molar-refractivity contribution in [2.45, 2.75) is 38.0 Å². The van der Waals surface area contributed by atoms with E-state index in [2.05, 4.69) is 10.7 Å². The summed E-state index contributed by atoms with van der Waals surface area (Å²) in [5.41, 5.74) is 10.2. The molecule has 2 amide bonds. The lowest BCUT2D eigenvalue weighted by atomic mass is 9.83. The van der Waals surface area contributed by atoms with E-state index in [1.54, 1.807) is 48.5 Å². The minimum atomic E-state index is -4.60. The number of amides is 2. The fourth-order valence-corrected chi connectivity index (χ4v) is 4.43. The maximum atomic E-state index is 13.3. The average Bonchev–Trinajstić information content (AvgIpc) is 3.01. The molecule has 3 rings (SSSR count). The molecule has 3 atom stereocenters. The molecule has 0 unspecified atom stereocenters. The first kappa shape index (κ1) is 28.6. The van der Waals surface area contributed by atoms with E-state index < -0.39 is 55.5 Å². The number of nitrogens with two attached hydrogens (primary N) is 1. The maximum Gasteiger partial charge on any atom is 0.389 e. The summed E-state index contributed by atoms with van der Waals surface area (Å²) < 4.78 is 57.3. The van der Waals surface area contributed by atoms with Crippen molar-refractivity contribution in [2.24, 2.45) is 17.6 Å². The standard InChI is InChI=1S/C26H28F4N4O4/c1-38-21-11-5-9-17-20(16-7-3-2-4-8-16)15-22(34(37)33-23(17)21)32-25(36)19(12-13-26(28,29)30)18(24(31)35)10-6-14-27/h2-5,7-9,11,15,18-19,22H,6,10,12-14H2,1H3,(H3-,31,32,33,35,36,37)/p+1/t18-,19+,22-/m0/s1. The number of ether oxygens (including phenoxy) is 1. The summed E-state index contributed by atoms with van der Waals surface area (Å²) in [6.45, 7) is -0.832. The molecule has 1 aliphatic rings. The summed E-state index contributed by atoms with van der Waals surface area (Å²) in [6.07, 6.45) is -7.01. The Hall–Kier alpha value is -3.96. The number of benzene rings is 2. The molecule has 0 fully saturated rings. The average molecular weight is 538 g/mol. The molecule has 0 saturated heterocycles. The first-order valence-electron chi connectivity index (χ1n) is 12.0. The van der Waals surface area contributed by atoms with Crippen molar-refractivity contribution in [3.63, 3.8) is 0 Å². The van der Waals surface area contributed by atoms with Crippen LogP contribution in [0.1, 0.15) is 36.8 Å². The number of rotatable bonds is 11. The van der Waals surface area contributed by atoms with Gasteiger partial charge in [-0.15, -0.1) is 5.43 Å². The van der Waals surface area contributed by atoms with E-state index in [9.17, 15) is 32.1 Å². The lowest BCUT2D eigenvalue weighted by Gasteiger charge is -2.24. The van der Waals surface area contributed by atoms with Crippen molar-refractivity contribution < 1.29 is 36.8 Å². The summed E-state index contributed by atoms with van der Waals surface area (Å²) in [5.74, 6) is -4.52. The lowest BCUT2D eigenvalue weighted by molar-refractivity contribution is -0.549. The van der Waals surface area contributed by atoms with Crippen molar-refractivity contribution in [1.82, 2.24) is 5.32 Å². The Morgan fingerprint density at radius 2 is 1.82 bits per heavy atom. The highest BCUT2D eigenvalue weighted by molar-refractivity contribution is 5.90. The molecule has 0 spiro atoms. The predicted octanol–water partition coefficient (Wildman–Crippen LogP) is 4.50. The minimum absolute atomic E-state index is 0.158. The van der Waals surface area contributed by atoms with Gasteiger partial charge in [-0.1, -0.05) is 42.5 Å². The number of nitroso groups, excluding NO2 is 1. The summed E-state index contributed by atoms with van der Waals surface area (Å²) in [5, 5.41) is 2.45. The molecule has 0 radical (unpaired) electrons. The molecule has 0 aliphatic carbocycles. The zero-order chi connectivity index (χ0) is 27.9. The second kappa shape index (κ2) is 12.5. The van der Waals surface area contributed by atoms with E-state index >= 15 is 0 Å². The zero-order valence-corrected chi connectivity index (χ0v) is 20.6.